The van der Waals surface area contributed by atoms with Gasteiger partial charge in [0, 0.05) is 7.11 Å². The first-order chi connectivity index (χ1) is 8.02. The molecule has 0 radical (unpaired) electrons. The summed E-state index contributed by atoms with van der Waals surface area (Å²) in [6, 6.07) is 6.79. The average molecular weight is 238 g/mol. The van der Waals surface area contributed by atoms with E-state index in [1.807, 2.05) is 0 Å². The first-order valence-corrected chi connectivity index (χ1v) is 5.54. The molecule has 17 heavy (non-hydrogen) atoms. The van der Waals surface area contributed by atoms with E-state index in [0.29, 0.717) is 6.42 Å². The number of phenolic OH excluding ortho intramolecular Hbond substituents is 1. The predicted molar refractivity (Wildman–Crippen MR) is 63.5 cm³/mol. The molecule has 0 fully saturated rings. The van der Waals surface area contributed by atoms with Crippen LogP contribution >= 0.6 is 0 Å². The van der Waals surface area contributed by atoms with Crippen LogP contribution < -0.4 is 0 Å². The number of phenols is 1. The van der Waals surface area contributed by atoms with Gasteiger partial charge in [0.2, 0.25) is 0 Å². The van der Waals surface area contributed by atoms with Gasteiger partial charge in [-0.2, -0.15) is 0 Å². The molecule has 2 atom stereocenters. The van der Waals surface area contributed by atoms with Crippen LogP contribution in [0.1, 0.15) is 19.4 Å². The van der Waals surface area contributed by atoms with Gasteiger partial charge in [-0.3, -0.25) is 4.79 Å². The van der Waals surface area contributed by atoms with E-state index >= 15 is 0 Å². The average Bonchev–Trinajstić information content (AvgIpc) is 2.31. The number of aromatic hydroxyl groups is 1. The molecule has 0 saturated carbocycles. The number of hydrogen-bond donors (Lipinski definition) is 1. The maximum absolute atomic E-state index is 11.6. The summed E-state index contributed by atoms with van der Waals surface area (Å²) < 4.78 is 9.91. The summed E-state index contributed by atoms with van der Waals surface area (Å²) >= 11 is 0. The Bertz CT molecular complexity index is 358. The molecule has 0 aliphatic carbocycles. The van der Waals surface area contributed by atoms with Gasteiger partial charge in [-0.1, -0.05) is 19.1 Å². The summed E-state index contributed by atoms with van der Waals surface area (Å²) in [5.74, 6) is -0.304. The summed E-state index contributed by atoms with van der Waals surface area (Å²) in [6.07, 6.45) is 0.0556. The van der Waals surface area contributed by atoms with E-state index in [0.717, 1.165) is 5.56 Å². The van der Waals surface area contributed by atoms with E-state index in [1.54, 1.807) is 38.1 Å². The van der Waals surface area contributed by atoms with Crippen molar-refractivity contribution in [2.24, 2.45) is 5.92 Å². The van der Waals surface area contributed by atoms with Gasteiger partial charge in [-0.05, 0) is 31.0 Å². The molecule has 4 nitrogen and oxygen atoms in total. The second-order valence-electron chi connectivity index (χ2n) is 4.01. The van der Waals surface area contributed by atoms with Crippen molar-refractivity contribution < 1.29 is 19.4 Å². The van der Waals surface area contributed by atoms with E-state index < -0.39 is 6.29 Å². The normalized spacial score (nSPS) is 14.1. The topological polar surface area (TPSA) is 55.8 Å². The Morgan fingerprint density at radius 2 is 1.88 bits per heavy atom. The van der Waals surface area contributed by atoms with Gasteiger partial charge in [0.15, 0.2) is 6.29 Å². The van der Waals surface area contributed by atoms with Gasteiger partial charge in [0.25, 0.3) is 0 Å². The molecule has 1 rings (SSSR count). The predicted octanol–water partition coefficient (Wildman–Crippen LogP) is 2.11. The van der Waals surface area contributed by atoms with Gasteiger partial charge in [-0.25, -0.2) is 0 Å². The zero-order chi connectivity index (χ0) is 12.8. The summed E-state index contributed by atoms with van der Waals surface area (Å²) in [4.78, 5) is 11.6. The van der Waals surface area contributed by atoms with Gasteiger partial charge >= 0.3 is 5.97 Å². The van der Waals surface area contributed by atoms with Crippen molar-refractivity contribution in [1.82, 2.24) is 0 Å². The van der Waals surface area contributed by atoms with Gasteiger partial charge in [-0.15, -0.1) is 0 Å². The van der Waals surface area contributed by atoms with Crippen molar-refractivity contribution in [2.45, 2.75) is 26.6 Å². The molecule has 0 heterocycles. The number of carbonyl (C=O) groups is 1. The number of methoxy groups -OCH3 is 1. The van der Waals surface area contributed by atoms with Crippen LogP contribution in [0, 0.1) is 5.92 Å². The fraction of sp³-hybridized carbons (Fsp3) is 0.462. The highest BCUT2D eigenvalue weighted by atomic mass is 16.7. The molecule has 0 saturated heterocycles. The Morgan fingerprint density at radius 3 is 2.41 bits per heavy atom. The van der Waals surface area contributed by atoms with Crippen LogP contribution in [0.5, 0.6) is 5.75 Å². The van der Waals surface area contributed by atoms with Crippen LogP contribution in [0.15, 0.2) is 24.3 Å². The number of hydrogen-bond acceptors (Lipinski definition) is 4. The lowest BCUT2D eigenvalue weighted by atomic mass is 10.0. The molecule has 0 aliphatic heterocycles. The molecule has 1 aromatic carbocycles. The van der Waals surface area contributed by atoms with E-state index in [-0.39, 0.29) is 17.6 Å². The van der Waals surface area contributed by atoms with Crippen molar-refractivity contribution in [3.63, 3.8) is 0 Å². The smallest absolute Gasteiger partial charge is 0.311 e. The van der Waals surface area contributed by atoms with E-state index in [2.05, 4.69) is 0 Å². The minimum Gasteiger partial charge on any atom is -0.508 e. The van der Waals surface area contributed by atoms with E-state index in [9.17, 15) is 4.79 Å². The van der Waals surface area contributed by atoms with Crippen molar-refractivity contribution in [3.05, 3.63) is 29.8 Å². The highest BCUT2D eigenvalue weighted by Crippen LogP contribution is 2.14. The fourth-order valence-corrected chi connectivity index (χ4v) is 1.40. The zero-order valence-electron chi connectivity index (χ0n) is 10.3. The van der Waals surface area contributed by atoms with E-state index in [1.165, 1.54) is 7.11 Å². The summed E-state index contributed by atoms with van der Waals surface area (Å²) in [7, 11) is 1.49. The summed E-state index contributed by atoms with van der Waals surface area (Å²) in [5.41, 5.74) is 0.984. The third-order valence-electron chi connectivity index (χ3n) is 2.49. The number of esters is 1. The van der Waals surface area contributed by atoms with Gasteiger partial charge in [0.05, 0.1) is 5.92 Å². The number of ether oxygens (including phenoxy) is 2. The van der Waals surface area contributed by atoms with E-state index in [4.69, 9.17) is 14.6 Å². The van der Waals surface area contributed by atoms with Crippen LogP contribution in [-0.2, 0) is 20.7 Å². The van der Waals surface area contributed by atoms with Crippen molar-refractivity contribution in [1.29, 1.82) is 0 Å². The standard InChI is InChI=1S/C13H18O4/c1-9(13(15)17-10(2)16-3)8-11-4-6-12(14)7-5-11/h4-7,9-10,14H,8H2,1-3H3. The quantitative estimate of drug-likeness (QED) is 0.630. The zero-order valence-corrected chi connectivity index (χ0v) is 10.3. The Hall–Kier alpha value is -1.55. The second-order valence-corrected chi connectivity index (χ2v) is 4.01. The minimum absolute atomic E-state index is 0.219. The Labute approximate surface area is 101 Å². The summed E-state index contributed by atoms with van der Waals surface area (Å²) in [5, 5.41) is 9.14. The maximum atomic E-state index is 11.6. The molecule has 1 aromatic rings. The molecular weight excluding hydrogens is 220 g/mol. The second kappa shape index (κ2) is 6.25. The molecule has 0 aliphatic rings. The molecule has 1 N–H and O–H groups in total. The first-order valence-electron chi connectivity index (χ1n) is 5.54. The van der Waals surface area contributed by atoms with Gasteiger partial charge in [0.1, 0.15) is 5.75 Å². The molecule has 4 heteroatoms. The molecule has 0 amide bonds. The molecule has 2 unspecified atom stereocenters. The van der Waals surface area contributed by atoms with Crippen molar-refractivity contribution in [3.8, 4) is 5.75 Å². The van der Waals surface area contributed by atoms with Crippen LogP contribution in [0.25, 0.3) is 0 Å². The highest BCUT2D eigenvalue weighted by Gasteiger charge is 2.17. The van der Waals surface area contributed by atoms with Crippen molar-refractivity contribution >= 4 is 5.97 Å². The number of benzene rings is 1. The Morgan fingerprint density at radius 1 is 1.29 bits per heavy atom. The Balaban J connectivity index is 2.51. The minimum atomic E-state index is -0.523. The molecule has 0 aromatic heterocycles. The lowest BCUT2D eigenvalue weighted by molar-refractivity contribution is -0.174. The largest absolute Gasteiger partial charge is 0.508 e. The molecular formula is C13H18O4. The molecule has 94 valence electrons. The van der Waals surface area contributed by atoms with Gasteiger partial charge < -0.3 is 14.6 Å². The number of rotatable bonds is 5. The lowest BCUT2D eigenvalue weighted by Crippen LogP contribution is -2.23. The maximum Gasteiger partial charge on any atom is 0.311 e. The Kier molecular flexibility index (Phi) is 4.97. The van der Waals surface area contributed by atoms with Crippen LogP contribution in [-0.4, -0.2) is 24.5 Å². The first kappa shape index (κ1) is 13.5. The van der Waals surface area contributed by atoms with Crippen LogP contribution in [0.3, 0.4) is 0 Å². The number of carbonyl (C=O) groups excluding carboxylic acids is 1. The van der Waals surface area contributed by atoms with Crippen molar-refractivity contribution in [2.75, 3.05) is 7.11 Å². The molecule has 0 bridgehead atoms. The third-order valence-corrected chi connectivity index (χ3v) is 2.49. The SMILES string of the molecule is COC(C)OC(=O)C(C)Cc1ccc(O)cc1. The summed E-state index contributed by atoms with van der Waals surface area (Å²) in [6.45, 7) is 3.47. The lowest BCUT2D eigenvalue weighted by Gasteiger charge is -2.15. The van der Waals surface area contributed by atoms with Crippen LogP contribution in [0.2, 0.25) is 0 Å². The third kappa shape index (κ3) is 4.44. The monoisotopic (exact) mass is 238 g/mol. The highest BCUT2D eigenvalue weighted by molar-refractivity contribution is 5.72. The van der Waals surface area contributed by atoms with Crippen LogP contribution in [0.4, 0.5) is 0 Å². The molecule has 0 spiro atoms. The fourth-order valence-electron chi connectivity index (χ4n) is 1.40.